The minimum atomic E-state index is 0.463. The van der Waals surface area contributed by atoms with Gasteiger partial charge in [0.25, 0.3) is 0 Å². The number of likely N-dealkylation sites (N-methyl/N-ethyl adjacent to an activating group) is 1. The summed E-state index contributed by atoms with van der Waals surface area (Å²) in [6.07, 6.45) is 3.75. The second-order valence-electron chi connectivity index (χ2n) is 6.62. The highest BCUT2D eigenvalue weighted by Crippen LogP contribution is 2.38. The Balaban J connectivity index is 1.28. The van der Waals surface area contributed by atoms with Crippen LogP contribution in [-0.4, -0.2) is 61.0 Å². The third kappa shape index (κ3) is 2.32. The Morgan fingerprint density at radius 1 is 1.25 bits per heavy atom. The van der Waals surface area contributed by atoms with Crippen molar-refractivity contribution in [2.75, 3.05) is 25.0 Å². The summed E-state index contributed by atoms with van der Waals surface area (Å²) in [5, 5.41) is 17.1. The summed E-state index contributed by atoms with van der Waals surface area (Å²) < 4.78 is 6.69. The van der Waals surface area contributed by atoms with Gasteiger partial charge in [-0.3, -0.25) is 4.90 Å². The van der Waals surface area contributed by atoms with Gasteiger partial charge in [-0.25, -0.2) is 0 Å². The van der Waals surface area contributed by atoms with Gasteiger partial charge >= 0.3 is 0 Å². The maximum atomic E-state index is 4.78. The first-order chi connectivity index (χ1) is 11.8. The van der Waals surface area contributed by atoms with Crippen molar-refractivity contribution >= 4 is 11.5 Å². The highest BCUT2D eigenvalue weighted by molar-refractivity contribution is 5.48. The minimum Gasteiger partial charge on any atom is -0.352 e. The van der Waals surface area contributed by atoms with Crippen LogP contribution in [0.15, 0.2) is 23.0 Å². The fraction of sp³-hybridized carbons (Fsp3) is 0.533. The van der Waals surface area contributed by atoms with Crippen LogP contribution in [0, 0.1) is 0 Å². The first kappa shape index (κ1) is 13.8. The quantitative estimate of drug-likeness (QED) is 0.677. The summed E-state index contributed by atoms with van der Waals surface area (Å²) in [6.45, 7) is 2.57. The van der Waals surface area contributed by atoms with Crippen molar-refractivity contribution in [2.24, 2.45) is 0 Å². The van der Waals surface area contributed by atoms with E-state index in [4.69, 9.17) is 9.62 Å². The van der Waals surface area contributed by atoms with Crippen LogP contribution in [0.4, 0.5) is 5.82 Å². The Labute approximate surface area is 138 Å². The number of nitrogens with zero attached hydrogens (tertiary/aromatic N) is 8. The average molecular weight is 326 g/mol. The molecule has 0 unspecified atom stereocenters. The molecule has 0 bridgehead atoms. The van der Waals surface area contributed by atoms with Crippen molar-refractivity contribution < 1.29 is 4.52 Å². The molecule has 3 aromatic heterocycles. The van der Waals surface area contributed by atoms with E-state index in [1.807, 2.05) is 16.6 Å². The number of anilines is 1. The second-order valence-corrected chi connectivity index (χ2v) is 6.62. The van der Waals surface area contributed by atoms with E-state index in [0.29, 0.717) is 24.3 Å². The van der Waals surface area contributed by atoms with Gasteiger partial charge in [0.2, 0.25) is 6.39 Å². The third-order valence-electron chi connectivity index (χ3n) is 4.82. The molecule has 2 fully saturated rings. The van der Waals surface area contributed by atoms with E-state index in [1.54, 1.807) is 0 Å². The van der Waals surface area contributed by atoms with Crippen molar-refractivity contribution in [1.82, 2.24) is 34.9 Å². The lowest BCUT2D eigenvalue weighted by molar-refractivity contribution is 0.190. The molecule has 0 radical (unpaired) electrons. The van der Waals surface area contributed by atoms with Gasteiger partial charge in [-0.05, 0) is 32.0 Å². The lowest BCUT2D eigenvalue weighted by Gasteiger charge is -2.44. The zero-order valence-corrected chi connectivity index (χ0v) is 13.4. The van der Waals surface area contributed by atoms with E-state index in [-0.39, 0.29) is 0 Å². The fourth-order valence-corrected chi connectivity index (χ4v) is 3.10. The molecule has 24 heavy (non-hydrogen) atoms. The first-order valence-electron chi connectivity index (χ1n) is 8.21. The zero-order valence-electron chi connectivity index (χ0n) is 13.4. The molecule has 9 heteroatoms. The van der Waals surface area contributed by atoms with Crippen LogP contribution in [-0.2, 0) is 6.54 Å². The molecule has 9 nitrogen and oxygen atoms in total. The molecule has 0 atom stereocenters. The molecule has 1 aliphatic heterocycles. The lowest BCUT2D eigenvalue weighted by atomic mass is 10.1. The largest absolute Gasteiger partial charge is 0.352 e. The van der Waals surface area contributed by atoms with Crippen LogP contribution in [0.2, 0.25) is 0 Å². The molecule has 124 valence electrons. The van der Waals surface area contributed by atoms with Crippen LogP contribution in [0.5, 0.6) is 0 Å². The smallest absolute Gasteiger partial charge is 0.213 e. The van der Waals surface area contributed by atoms with Crippen molar-refractivity contribution in [3.63, 3.8) is 0 Å². The summed E-state index contributed by atoms with van der Waals surface area (Å²) >= 11 is 0. The number of rotatable bonds is 5. The molecule has 1 saturated heterocycles. The zero-order chi connectivity index (χ0) is 16.1. The van der Waals surface area contributed by atoms with Crippen molar-refractivity contribution in [3.05, 3.63) is 30.2 Å². The molecule has 0 N–H and O–H groups in total. The predicted octanol–water partition coefficient (Wildman–Crippen LogP) is 0.705. The Bertz CT molecular complexity index is 850. The van der Waals surface area contributed by atoms with Crippen LogP contribution in [0.3, 0.4) is 0 Å². The van der Waals surface area contributed by atoms with Crippen molar-refractivity contribution in [2.45, 2.75) is 31.3 Å². The van der Waals surface area contributed by atoms with Gasteiger partial charge < -0.3 is 9.42 Å². The van der Waals surface area contributed by atoms with Gasteiger partial charge in [0.1, 0.15) is 5.82 Å². The number of fused-ring (bicyclic) bond motifs is 1. The Morgan fingerprint density at radius 3 is 2.88 bits per heavy atom. The molecule has 3 aromatic rings. The van der Waals surface area contributed by atoms with Gasteiger partial charge in [0, 0.05) is 25.0 Å². The molecule has 2 aliphatic rings. The molecule has 0 spiro atoms. The van der Waals surface area contributed by atoms with Gasteiger partial charge in [-0.1, -0.05) is 5.16 Å². The van der Waals surface area contributed by atoms with E-state index in [9.17, 15) is 0 Å². The van der Waals surface area contributed by atoms with E-state index in [1.165, 1.54) is 19.2 Å². The molecule has 4 heterocycles. The molecule has 5 rings (SSSR count). The summed E-state index contributed by atoms with van der Waals surface area (Å²) in [5.41, 5.74) is 0.826. The van der Waals surface area contributed by atoms with Crippen LogP contribution in [0.25, 0.3) is 5.65 Å². The highest BCUT2D eigenvalue weighted by atomic mass is 16.5. The Kier molecular flexibility index (Phi) is 3.02. The SMILES string of the molecule is CN(Cc1ncon1)C1CN(c2ccc3nnc(C4CC4)n3n2)C1. The monoisotopic (exact) mass is 326 g/mol. The van der Waals surface area contributed by atoms with Gasteiger partial charge in [-0.15, -0.1) is 15.3 Å². The van der Waals surface area contributed by atoms with Crippen LogP contribution >= 0.6 is 0 Å². The third-order valence-corrected chi connectivity index (χ3v) is 4.82. The van der Waals surface area contributed by atoms with Crippen molar-refractivity contribution in [3.8, 4) is 0 Å². The average Bonchev–Trinajstić information content (AvgIpc) is 3.08. The number of hydrogen-bond donors (Lipinski definition) is 0. The summed E-state index contributed by atoms with van der Waals surface area (Å²) in [4.78, 5) is 8.59. The van der Waals surface area contributed by atoms with E-state index in [2.05, 4.69) is 37.2 Å². The number of aromatic nitrogens is 6. The standard InChI is InChI=1S/C15H18N8O/c1-21(8-12-16-9-24-20-12)11-6-22(7-11)14-5-4-13-17-18-15(10-2-3-10)23(13)19-14/h4-5,9-11H,2-3,6-8H2,1H3. The van der Waals surface area contributed by atoms with Gasteiger partial charge in [0.15, 0.2) is 17.3 Å². The molecule has 0 amide bonds. The normalized spacial score (nSPS) is 18.5. The Hall–Kier alpha value is -2.55. The topological polar surface area (TPSA) is 88.5 Å². The van der Waals surface area contributed by atoms with Crippen LogP contribution in [0.1, 0.15) is 30.4 Å². The maximum absolute atomic E-state index is 4.78. The van der Waals surface area contributed by atoms with Crippen LogP contribution < -0.4 is 4.90 Å². The highest BCUT2D eigenvalue weighted by Gasteiger charge is 2.33. The minimum absolute atomic E-state index is 0.463. The van der Waals surface area contributed by atoms with Gasteiger partial charge in [-0.2, -0.15) is 9.50 Å². The van der Waals surface area contributed by atoms with E-state index >= 15 is 0 Å². The van der Waals surface area contributed by atoms with Gasteiger partial charge in [0.05, 0.1) is 6.54 Å². The van der Waals surface area contributed by atoms with Crippen molar-refractivity contribution in [1.29, 1.82) is 0 Å². The van der Waals surface area contributed by atoms with E-state index in [0.717, 1.165) is 30.4 Å². The predicted molar refractivity (Wildman–Crippen MR) is 84.5 cm³/mol. The van der Waals surface area contributed by atoms with E-state index < -0.39 is 0 Å². The lowest BCUT2D eigenvalue weighted by Crippen LogP contribution is -2.58. The maximum Gasteiger partial charge on any atom is 0.213 e. The fourth-order valence-electron chi connectivity index (χ4n) is 3.10. The molecule has 1 aliphatic carbocycles. The molecular formula is C15H18N8O. The summed E-state index contributed by atoms with van der Waals surface area (Å²) in [5.74, 6) is 3.23. The Morgan fingerprint density at radius 2 is 2.12 bits per heavy atom. The number of hydrogen-bond acceptors (Lipinski definition) is 8. The molecular weight excluding hydrogens is 308 g/mol. The summed E-state index contributed by atoms with van der Waals surface area (Å²) in [7, 11) is 2.08. The second kappa shape index (κ2) is 5.23. The molecule has 1 saturated carbocycles. The molecule has 0 aromatic carbocycles. The first-order valence-corrected chi connectivity index (χ1v) is 8.21. The summed E-state index contributed by atoms with van der Waals surface area (Å²) in [6, 6.07) is 4.48.